The second kappa shape index (κ2) is 17.2. The van der Waals surface area contributed by atoms with Gasteiger partial charge in [-0.15, -0.1) is 0 Å². The molecule has 20 heteroatoms. The SMILES string of the molecule is CN(C)C(=O)c1n[nH]c2cc(Nc3nc(NC4CC4)c4occc4n3)ccc12.CN(C)C(=O)c1nn(COCC[Si](C)(C)C)c2cc(Nc3nc(NC4CC4)c4occc4n3)ccc12. The summed E-state index contributed by atoms with van der Waals surface area (Å²) >= 11 is 0. The highest BCUT2D eigenvalue weighted by atomic mass is 28.3. The van der Waals surface area contributed by atoms with Crippen LogP contribution in [-0.2, 0) is 11.5 Å². The van der Waals surface area contributed by atoms with Gasteiger partial charge in [-0.05, 0) is 68.1 Å². The molecule has 0 spiro atoms. The minimum atomic E-state index is -1.21. The van der Waals surface area contributed by atoms with Gasteiger partial charge in [0.25, 0.3) is 11.8 Å². The van der Waals surface area contributed by atoms with Crippen molar-refractivity contribution in [2.75, 3.05) is 56.1 Å². The molecule has 0 bridgehead atoms. The molecule has 0 unspecified atom stereocenters. The first-order valence-corrected chi connectivity index (χ1v) is 25.0. The second-order valence-electron chi connectivity index (χ2n) is 17.8. The van der Waals surface area contributed by atoms with Crippen molar-refractivity contribution in [3.05, 3.63) is 72.4 Å². The normalized spacial score (nSPS) is 13.9. The molecule has 0 saturated heterocycles. The highest BCUT2D eigenvalue weighted by Crippen LogP contribution is 2.33. The number of nitrogens with zero attached hydrogens (tertiary/aromatic N) is 9. The molecular formula is C44H52N14O5Si. The average molecular weight is 885 g/mol. The van der Waals surface area contributed by atoms with Gasteiger partial charge in [0, 0.05) is 89.2 Å². The lowest BCUT2D eigenvalue weighted by atomic mass is 10.2. The van der Waals surface area contributed by atoms with Gasteiger partial charge >= 0.3 is 0 Å². The zero-order valence-corrected chi connectivity index (χ0v) is 37.9. The molecule has 8 aromatic rings. The molecule has 0 radical (unpaired) electrons. The van der Waals surface area contributed by atoms with Crippen molar-refractivity contribution in [1.82, 2.24) is 49.7 Å². The van der Waals surface area contributed by atoms with Crippen LogP contribution < -0.4 is 21.3 Å². The van der Waals surface area contributed by atoms with Gasteiger partial charge in [0.1, 0.15) is 17.8 Å². The molecule has 6 aromatic heterocycles. The lowest BCUT2D eigenvalue weighted by molar-refractivity contribution is 0.0774. The van der Waals surface area contributed by atoms with E-state index in [0.29, 0.717) is 64.8 Å². The van der Waals surface area contributed by atoms with Crippen LogP contribution in [0.4, 0.5) is 34.9 Å². The van der Waals surface area contributed by atoms with Crippen LogP contribution in [0.15, 0.2) is 69.9 Å². The topological polar surface area (TPSA) is 222 Å². The Labute approximate surface area is 369 Å². The number of hydrogen-bond donors (Lipinski definition) is 5. The molecule has 332 valence electrons. The fourth-order valence-electron chi connectivity index (χ4n) is 6.86. The van der Waals surface area contributed by atoms with Crippen LogP contribution in [0.25, 0.3) is 44.0 Å². The summed E-state index contributed by atoms with van der Waals surface area (Å²) in [6.07, 6.45) is 7.77. The van der Waals surface area contributed by atoms with Gasteiger partial charge in [-0.3, -0.25) is 14.7 Å². The van der Waals surface area contributed by atoms with Crippen molar-refractivity contribution in [3.8, 4) is 0 Å². The van der Waals surface area contributed by atoms with E-state index in [1.54, 1.807) is 45.4 Å². The Hall–Kier alpha value is -7.06. The van der Waals surface area contributed by atoms with Crippen LogP contribution in [0.1, 0.15) is 46.7 Å². The van der Waals surface area contributed by atoms with Crippen LogP contribution in [0, 0.1) is 0 Å². The number of fused-ring (bicyclic) bond motifs is 4. The second-order valence-corrected chi connectivity index (χ2v) is 23.4. The predicted molar refractivity (Wildman–Crippen MR) is 249 cm³/mol. The summed E-state index contributed by atoms with van der Waals surface area (Å²) in [5.74, 6) is 2.04. The van der Waals surface area contributed by atoms with Crippen LogP contribution in [0.5, 0.6) is 0 Å². The minimum absolute atomic E-state index is 0.142. The van der Waals surface area contributed by atoms with Gasteiger partial charge in [0.05, 0.1) is 23.6 Å². The molecule has 6 heterocycles. The summed E-state index contributed by atoms with van der Waals surface area (Å²) in [4.78, 5) is 46.4. The van der Waals surface area contributed by atoms with E-state index in [1.165, 1.54) is 9.80 Å². The predicted octanol–water partition coefficient (Wildman–Crippen LogP) is 8.02. The number of carbonyl (C=O) groups excluding carboxylic acids is 2. The Kier molecular flexibility index (Phi) is 11.4. The molecule has 10 rings (SSSR count). The van der Waals surface area contributed by atoms with E-state index < -0.39 is 8.07 Å². The number of aromatic nitrogens is 8. The van der Waals surface area contributed by atoms with Crippen molar-refractivity contribution in [3.63, 3.8) is 0 Å². The minimum Gasteiger partial charge on any atom is -0.459 e. The Bertz CT molecular complexity index is 2990. The first-order valence-electron chi connectivity index (χ1n) is 21.3. The summed E-state index contributed by atoms with van der Waals surface area (Å²) in [5.41, 5.74) is 6.74. The zero-order chi connectivity index (χ0) is 44.7. The lowest BCUT2D eigenvalue weighted by Crippen LogP contribution is -2.23. The number of ether oxygens (including phenoxy) is 1. The molecule has 5 N–H and O–H groups in total. The highest BCUT2D eigenvalue weighted by Gasteiger charge is 2.26. The van der Waals surface area contributed by atoms with Crippen molar-refractivity contribution in [1.29, 1.82) is 0 Å². The molecule has 2 aliphatic rings. The third kappa shape index (κ3) is 9.47. The van der Waals surface area contributed by atoms with E-state index in [2.05, 4.69) is 76.1 Å². The maximum absolute atomic E-state index is 12.8. The first kappa shape index (κ1) is 42.2. The third-order valence-corrected chi connectivity index (χ3v) is 12.4. The number of carbonyl (C=O) groups is 2. The van der Waals surface area contributed by atoms with Crippen molar-refractivity contribution < 1.29 is 23.2 Å². The standard InChI is InChI=1S/C25H33N7O3Si.C19H19N7O2/c1-31(2)24(33)21-18-9-8-17(14-20(18)32(30-21)15-34-12-13-36(3,4)5)27-25-28-19-10-11-35-22(19)23(29-25)26-16-6-7-16;1-26(2)18(27)15-12-6-5-11(9-14(12)24-25-15)21-19-22-13-7-8-28-16(13)17(23-19)20-10-3-4-10/h8-11,14,16H,6-7,12-13,15H2,1-5H3,(H2,26,27,28,29);5-10H,3-4H2,1-2H3,(H,24,25)(H2,20,21,22,23). The van der Waals surface area contributed by atoms with E-state index in [1.807, 2.05) is 48.5 Å². The number of hydrogen-bond acceptors (Lipinski definition) is 15. The molecule has 2 amide bonds. The molecule has 0 aliphatic heterocycles. The molecule has 64 heavy (non-hydrogen) atoms. The van der Waals surface area contributed by atoms with Crippen molar-refractivity contribution in [2.45, 2.75) is 70.2 Å². The Morgan fingerprint density at radius 3 is 1.84 bits per heavy atom. The molecule has 19 nitrogen and oxygen atoms in total. The van der Waals surface area contributed by atoms with E-state index in [-0.39, 0.29) is 18.5 Å². The number of rotatable bonds is 15. The number of anilines is 6. The number of H-pyrrole nitrogens is 1. The Morgan fingerprint density at radius 2 is 1.30 bits per heavy atom. The molecular weight excluding hydrogens is 833 g/mol. The van der Waals surface area contributed by atoms with Crippen molar-refractivity contribution >= 4 is 98.8 Å². The van der Waals surface area contributed by atoms with E-state index in [9.17, 15) is 9.59 Å². The monoisotopic (exact) mass is 884 g/mol. The van der Waals surface area contributed by atoms with Gasteiger partial charge in [0.2, 0.25) is 11.9 Å². The van der Waals surface area contributed by atoms with Crippen LogP contribution >= 0.6 is 0 Å². The maximum Gasteiger partial charge on any atom is 0.274 e. The number of benzene rings is 2. The number of aromatic amines is 1. The number of amides is 2. The average Bonchev–Trinajstić information content (AvgIpc) is 4.01. The highest BCUT2D eigenvalue weighted by molar-refractivity contribution is 6.76. The molecule has 2 aliphatic carbocycles. The summed E-state index contributed by atoms with van der Waals surface area (Å²) in [6, 6.07) is 17.0. The van der Waals surface area contributed by atoms with Gasteiger partial charge in [-0.1, -0.05) is 19.6 Å². The maximum atomic E-state index is 12.8. The van der Waals surface area contributed by atoms with Gasteiger partial charge in [-0.2, -0.15) is 20.2 Å². The van der Waals surface area contributed by atoms with Gasteiger partial charge in [-0.25, -0.2) is 14.6 Å². The first-order chi connectivity index (χ1) is 30.8. The summed E-state index contributed by atoms with van der Waals surface area (Å²) in [7, 11) is 5.65. The largest absolute Gasteiger partial charge is 0.459 e. The molecule has 0 atom stereocenters. The van der Waals surface area contributed by atoms with Gasteiger partial charge < -0.3 is 44.6 Å². The fourth-order valence-corrected chi connectivity index (χ4v) is 7.61. The number of furan rings is 2. The molecule has 2 aromatic carbocycles. The summed E-state index contributed by atoms with van der Waals surface area (Å²) in [5, 5.41) is 26.6. The zero-order valence-electron chi connectivity index (χ0n) is 36.9. The van der Waals surface area contributed by atoms with Gasteiger partial charge in [0.15, 0.2) is 34.2 Å². The van der Waals surface area contributed by atoms with E-state index in [4.69, 9.17) is 13.6 Å². The van der Waals surface area contributed by atoms with Crippen LogP contribution in [-0.4, -0.2) is 116 Å². The van der Waals surface area contributed by atoms with E-state index in [0.717, 1.165) is 75.9 Å². The van der Waals surface area contributed by atoms with Crippen LogP contribution in [0.3, 0.4) is 0 Å². The number of nitrogens with one attached hydrogen (secondary N) is 5. The van der Waals surface area contributed by atoms with E-state index >= 15 is 0 Å². The Morgan fingerprint density at radius 1 is 0.750 bits per heavy atom. The van der Waals surface area contributed by atoms with Crippen molar-refractivity contribution in [2.24, 2.45) is 0 Å². The quantitative estimate of drug-likeness (QED) is 0.0486. The molecule has 2 saturated carbocycles. The lowest BCUT2D eigenvalue weighted by Gasteiger charge is -2.15. The Balaban J connectivity index is 0.000000167. The third-order valence-electron chi connectivity index (χ3n) is 10.7. The summed E-state index contributed by atoms with van der Waals surface area (Å²) < 4.78 is 18.8. The fraction of sp³-hybridized carbons (Fsp3) is 0.364. The van der Waals surface area contributed by atoms with Crippen LogP contribution in [0.2, 0.25) is 25.7 Å². The summed E-state index contributed by atoms with van der Waals surface area (Å²) in [6.45, 7) is 7.90. The smallest absolute Gasteiger partial charge is 0.274 e. The molecule has 2 fully saturated rings.